The second kappa shape index (κ2) is 2.92. The molecular formula is C9H11ClN4. The lowest BCUT2D eigenvalue weighted by molar-refractivity contribution is 0.356. The molecule has 0 bridgehead atoms. The zero-order valence-electron chi connectivity index (χ0n) is 8.32. The summed E-state index contributed by atoms with van der Waals surface area (Å²) in [6.45, 7) is 6.14. The number of nitrogens with zero attached hydrogens (tertiary/aromatic N) is 4. The van der Waals surface area contributed by atoms with E-state index in [2.05, 4.69) is 15.3 Å². The van der Waals surface area contributed by atoms with Crippen LogP contribution in [0.5, 0.6) is 0 Å². The molecule has 0 aliphatic rings. The quantitative estimate of drug-likeness (QED) is 0.670. The molecule has 2 heterocycles. The lowest BCUT2D eigenvalue weighted by Crippen LogP contribution is -2.23. The van der Waals surface area contributed by atoms with Crippen LogP contribution in [0.3, 0.4) is 0 Å². The van der Waals surface area contributed by atoms with E-state index in [-0.39, 0.29) is 5.54 Å². The molecular weight excluding hydrogens is 200 g/mol. The Morgan fingerprint density at radius 1 is 1.36 bits per heavy atom. The Labute approximate surface area is 86.9 Å². The number of hydrogen-bond acceptors (Lipinski definition) is 3. The summed E-state index contributed by atoms with van der Waals surface area (Å²) in [5, 5.41) is 8.64. The fraction of sp³-hybridized carbons (Fsp3) is 0.444. The van der Waals surface area contributed by atoms with Gasteiger partial charge in [-0.2, -0.15) is 0 Å². The Morgan fingerprint density at radius 2 is 2.07 bits per heavy atom. The minimum Gasteiger partial charge on any atom is -0.235 e. The number of halogens is 1. The Bertz CT molecular complexity index is 469. The molecule has 2 aromatic heterocycles. The third-order valence-electron chi connectivity index (χ3n) is 1.93. The Hall–Kier alpha value is -1.16. The maximum atomic E-state index is 5.96. The van der Waals surface area contributed by atoms with Gasteiger partial charge in [0.15, 0.2) is 11.2 Å². The average Bonchev–Trinajstić information content (AvgIpc) is 2.47. The van der Waals surface area contributed by atoms with Crippen LogP contribution in [0.25, 0.3) is 11.2 Å². The van der Waals surface area contributed by atoms with Crippen LogP contribution in [0.1, 0.15) is 20.8 Å². The molecule has 14 heavy (non-hydrogen) atoms. The zero-order valence-corrected chi connectivity index (χ0v) is 9.08. The van der Waals surface area contributed by atoms with Gasteiger partial charge in [-0.05, 0) is 26.8 Å². The highest BCUT2D eigenvalue weighted by molar-refractivity contribution is 6.34. The van der Waals surface area contributed by atoms with Crippen molar-refractivity contribution in [1.29, 1.82) is 0 Å². The lowest BCUT2D eigenvalue weighted by Gasteiger charge is -2.18. The first kappa shape index (κ1) is 9.40. The summed E-state index contributed by atoms with van der Waals surface area (Å²) < 4.78 is 1.77. The first-order chi connectivity index (χ1) is 6.50. The smallest absolute Gasteiger partial charge is 0.180 e. The van der Waals surface area contributed by atoms with Crippen molar-refractivity contribution in [2.75, 3.05) is 0 Å². The molecule has 0 unspecified atom stereocenters. The van der Waals surface area contributed by atoms with E-state index in [4.69, 9.17) is 11.6 Å². The van der Waals surface area contributed by atoms with Crippen LogP contribution in [0.15, 0.2) is 12.3 Å². The van der Waals surface area contributed by atoms with E-state index in [1.807, 2.05) is 20.8 Å². The fourth-order valence-electron chi connectivity index (χ4n) is 1.25. The summed E-state index contributed by atoms with van der Waals surface area (Å²) >= 11 is 5.96. The van der Waals surface area contributed by atoms with Gasteiger partial charge in [0.05, 0.1) is 10.6 Å². The van der Waals surface area contributed by atoms with Crippen molar-refractivity contribution in [1.82, 2.24) is 20.0 Å². The van der Waals surface area contributed by atoms with Crippen molar-refractivity contribution >= 4 is 22.8 Å². The van der Waals surface area contributed by atoms with Gasteiger partial charge in [-0.25, -0.2) is 9.67 Å². The third kappa shape index (κ3) is 1.35. The van der Waals surface area contributed by atoms with Crippen molar-refractivity contribution in [3.63, 3.8) is 0 Å². The van der Waals surface area contributed by atoms with E-state index in [1.165, 1.54) is 0 Å². The predicted octanol–water partition coefficient (Wildman–Crippen LogP) is 2.23. The molecule has 0 atom stereocenters. The van der Waals surface area contributed by atoms with E-state index >= 15 is 0 Å². The van der Waals surface area contributed by atoms with Crippen LogP contribution in [0.2, 0.25) is 5.02 Å². The van der Waals surface area contributed by atoms with Crippen LogP contribution in [-0.4, -0.2) is 20.0 Å². The number of pyridine rings is 1. The molecule has 74 valence electrons. The summed E-state index contributed by atoms with van der Waals surface area (Å²) in [7, 11) is 0. The predicted molar refractivity (Wildman–Crippen MR) is 55.3 cm³/mol. The van der Waals surface area contributed by atoms with E-state index in [9.17, 15) is 0 Å². The summed E-state index contributed by atoms with van der Waals surface area (Å²) in [6.07, 6.45) is 1.66. The molecule has 2 rings (SSSR count). The SMILES string of the molecule is CC(C)(C)n1nnc2c(Cl)ccnc21. The molecule has 0 aliphatic carbocycles. The van der Waals surface area contributed by atoms with Crippen LogP contribution < -0.4 is 0 Å². The van der Waals surface area contributed by atoms with Gasteiger partial charge in [0.25, 0.3) is 0 Å². The van der Waals surface area contributed by atoms with Crippen molar-refractivity contribution in [3.8, 4) is 0 Å². The van der Waals surface area contributed by atoms with Gasteiger partial charge in [0.1, 0.15) is 0 Å². The molecule has 0 aromatic carbocycles. The van der Waals surface area contributed by atoms with E-state index in [0.29, 0.717) is 10.5 Å². The molecule has 0 saturated heterocycles. The standard InChI is InChI=1S/C9H11ClN4/c1-9(2,3)14-8-7(12-13-14)6(10)4-5-11-8/h4-5H,1-3H3. The number of hydrogen-bond donors (Lipinski definition) is 0. The van der Waals surface area contributed by atoms with Gasteiger partial charge < -0.3 is 0 Å². The van der Waals surface area contributed by atoms with Gasteiger partial charge in [0, 0.05) is 6.20 Å². The minimum absolute atomic E-state index is 0.133. The topological polar surface area (TPSA) is 43.6 Å². The van der Waals surface area contributed by atoms with E-state index in [1.54, 1.807) is 16.9 Å². The number of fused-ring (bicyclic) bond motifs is 1. The summed E-state index contributed by atoms with van der Waals surface area (Å²) in [5.74, 6) is 0. The molecule has 0 amide bonds. The van der Waals surface area contributed by atoms with Gasteiger partial charge in [-0.15, -0.1) is 5.10 Å². The Morgan fingerprint density at radius 3 is 2.71 bits per heavy atom. The molecule has 0 fully saturated rings. The molecule has 0 spiro atoms. The monoisotopic (exact) mass is 210 g/mol. The van der Waals surface area contributed by atoms with Crippen LogP contribution >= 0.6 is 11.6 Å². The second-order valence-electron chi connectivity index (χ2n) is 4.14. The largest absolute Gasteiger partial charge is 0.235 e. The maximum Gasteiger partial charge on any atom is 0.180 e. The highest BCUT2D eigenvalue weighted by Crippen LogP contribution is 2.22. The first-order valence-corrected chi connectivity index (χ1v) is 4.74. The molecule has 5 heteroatoms. The molecule has 4 nitrogen and oxygen atoms in total. The number of aromatic nitrogens is 4. The van der Waals surface area contributed by atoms with Gasteiger partial charge in [-0.1, -0.05) is 16.8 Å². The van der Waals surface area contributed by atoms with Crippen LogP contribution in [0, 0.1) is 0 Å². The highest BCUT2D eigenvalue weighted by Gasteiger charge is 2.19. The normalized spacial score (nSPS) is 12.3. The number of rotatable bonds is 0. The third-order valence-corrected chi connectivity index (χ3v) is 2.23. The van der Waals surface area contributed by atoms with Gasteiger partial charge in [-0.3, -0.25) is 0 Å². The molecule has 0 radical (unpaired) electrons. The van der Waals surface area contributed by atoms with Crippen molar-refractivity contribution in [3.05, 3.63) is 17.3 Å². The molecule has 2 aromatic rings. The fourth-order valence-corrected chi connectivity index (χ4v) is 1.43. The average molecular weight is 211 g/mol. The Kier molecular flexibility index (Phi) is 1.96. The molecule has 0 aliphatic heterocycles. The van der Waals surface area contributed by atoms with Crippen LogP contribution in [-0.2, 0) is 5.54 Å². The van der Waals surface area contributed by atoms with E-state index < -0.39 is 0 Å². The minimum atomic E-state index is -0.133. The molecule has 0 N–H and O–H groups in total. The van der Waals surface area contributed by atoms with Gasteiger partial charge >= 0.3 is 0 Å². The summed E-state index contributed by atoms with van der Waals surface area (Å²) in [4.78, 5) is 4.22. The van der Waals surface area contributed by atoms with Crippen molar-refractivity contribution < 1.29 is 0 Å². The van der Waals surface area contributed by atoms with Crippen molar-refractivity contribution in [2.24, 2.45) is 0 Å². The Balaban J connectivity index is 2.76. The lowest BCUT2D eigenvalue weighted by atomic mass is 10.1. The zero-order chi connectivity index (χ0) is 10.3. The van der Waals surface area contributed by atoms with E-state index in [0.717, 1.165) is 5.65 Å². The van der Waals surface area contributed by atoms with Gasteiger partial charge in [0.2, 0.25) is 0 Å². The second-order valence-corrected chi connectivity index (χ2v) is 4.54. The maximum absolute atomic E-state index is 5.96. The van der Waals surface area contributed by atoms with Crippen LogP contribution in [0.4, 0.5) is 0 Å². The highest BCUT2D eigenvalue weighted by atomic mass is 35.5. The summed E-state index contributed by atoms with van der Waals surface area (Å²) in [6, 6.07) is 1.71. The summed E-state index contributed by atoms with van der Waals surface area (Å²) in [5.41, 5.74) is 1.25. The molecule has 0 saturated carbocycles. The first-order valence-electron chi connectivity index (χ1n) is 4.36. The van der Waals surface area contributed by atoms with Crippen molar-refractivity contribution in [2.45, 2.75) is 26.3 Å².